The Labute approximate surface area is 376 Å². The first kappa shape index (κ1) is 52.3. The molecule has 64 heavy (non-hydrogen) atoms. The highest BCUT2D eigenvalue weighted by atomic mass is 35.5. The van der Waals surface area contributed by atoms with Crippen LogP contribution < -0.4 is 22.5 Å². The number of aromatic nitrogens is 5. The molecule has 0 atom stereocenters. The lowest BCUT2D eigenvalue weighted by molar-refractivity contribution is -0.128. The van der Waals surface area contributed by atoms with Gasteiger partial charge in [-0.3, -0.25) is 43.2 Å². The van der Waals surface area contributed by atoms with Crippen LogP contribution in [0, 0.1) is 0 Å². The minimum Gasteiger partial charge on any atom is -0.424 e. The van der Waals surface area contributed by atoms with E-state index >= 15 is 0 Å². The highest BCUT2D eigenvalue weighted by molar-refractivity contribution is 5.99. The van der Waals surface area contributed by atoms with Crippen LogP contribution in [0.4, 0.5) is 11.8 Å². The molecule has 0 saturated heterocycles. The van der Waals surface area contributed by atoms with Gasteiger partial charge in [-0.2, -0.15) is 10.1 Å². The minimum absolute atomic E-state index is 0. The maximum Gasteiger partial charge on any atom is 0.292 e. The zero-order valence-electron chi connectivity index (χ0n) is 36.0. The molecule has 0 fully saturated rings. The average molecular weight is 908 g/mol. The number of nitrogens with one attached hydrogen (secondary N) is 1. The van der Waals surface area contributed by atoms with E-state index in [-0.39, 0.29) is 186 Å². The van der Waals surface area contributed by atoms with Gasteiger partial charge in [-0.05, 0) is 44.0 Å². The molecule has 20 heteroatoms. The predicted octanol–water partition coefficient (Wildman–Crippen LogP) is 4.65. The third-order valence-electron chi connectivity index (χ3n) is 10.4. The maximum atomic E-state index is 12.4. The van der Waals surface area contributed by atoms with Gasteiger partial charge in [0.25, 0.3) is 6.01 Å². The number of carbonyl (C=O) groups is 9. The fraction of sp³-hybridized carbons (Fsp3) is 0.523. The molecule has 1 aromatic carbocycles. The van der Waals surface area contributed by atoms with Crippen molar-refractivity contribution in [2.75, 3.05) is 24.6 Å². The topological polar surface area (TPSA) is 313 Å². The van der Waals surface area contributed by atoms with Crippen molar-refractivity contribution < 1.29 is 47.6 Å². The Hall–Kier alpha value is -6.08. The molecule has 0 bridgehead atoms. The first-order valence-electron chi connectivity index (χ1n) is 21.5. The fourth-order valence-corrected chi connectivity index (χ4v) is 6.74. The number of benzene rings is 1. The number of unbranched alkanes of at least 4 members (excludes halogenated alkanes) is 1. The van der Waals surface area contributed by atoms with Crippen LogP contribution in [0.1, 0.15) is 128 Å². The average Bonchev–Trinajstić information content (AvgIpc) is 3.83. The number of amides is 1. The van der Waals surface area contributed by atoms with Gasteiger partial charge in [-0.25, -0.2) is 14.6 Å². The summed E-state index contributed by atoms with van der Waals surface area (Å²) in [5.41, 5.74) is 20.3. The number of hydrogen-bond donors (Lipinski definition) is 4. The number of fused-ring (bicyclic) bond motifs is 2. The number of carbonyl (C=O) groups excluding carboxylic acids is 9. The molecule has 0 aliphatic carbocycles. The highest BCUT2D eigenvalue weighted by Gasteiger charge is 2.19. The summed E-state index contributed by atoms with van der Waals surface area (Å²) in [7, 11) is 0. The van der Waals surface area contributed by atoms with E-state index in [1.165, 1.54) is 6.33 Å². The zero-order valence-corrected chi connectivity index (χ0v) is 36.8. The number of nitrogens with zero attached hydrogens (tertiary/aromatic N) is 5. The number of oxazole rings is 1. The second kappa shape index (κ2) is 27.2. The van der Waals surface area contributed by atoms with Crippen LogP contribution in [0.3, 0.4) is 0 Å². The third kappa shape index (κ3) is 18.0. The van der Waals surface area contributed by atoms with Crippen LogP contribution >= 0.6 is 12.4 Å². The smallest absolute Gasteiger partial charge is 0.292 e. The molecular formula is C44H58ClN9O10. The van der Waals surface area contributed by atoms with E-state index in [4.69, 9.17) is 26.7 Å². The van der Waals surface area contributed by atoms with Gasteiger partial charge in [0.1, 0.15) is 69.6 Å². The summed E-state index contributed by atoms with van der Waals surface area (Å²) in [4.78, 5) is 122. The van der Waals surface area contributed by atoms with Crippen molar-refractivity contribution >= 4 is 98.5 Å². The predicted molar refractivity (Wildman–Crippen MR) is 239 cm³/mol. The quantitative estimate of drug-likeness (QED) is 0.0473. The largest absolute Gasteiger partial charge is 0.424 e. The van der Waals surface area contributed by atoms with Crippen LogP contribution in [0.15, 0.2) is 28.9 Å². The van der Waals surface area contributed by atoms with Gasteiger partial charge in [0.2, 0.25) is 5.91 Å². The van der Waals surface area contributed by atoms with Gasteiger partial charge in [-0.1, -0.05) is 0 Å². The SMILES string of the molecule is Cl.NCCC(=O)CCC(=O)CCC(=O)CCC(=O)CCC(=O)CCC(=O)CCC(=O)CCC(=O)CCCC(=O)NCCCCn1nc(-c2ccc3oc(N)nc3c2)c2c(N)ncnc21. The number of aryl methyl sites for hydroxylation is 1. The second-order valence-electron chi connectivity index (χ2n) is 15.5. The minimum atomic E-state index is -0.273. The number of nitrogens with two attached hydrogens (primary N) is 3. The van der Waals surface area contributed by atoms with Gasteiger partial charge < -0.3 is 26.9 Å². The fourth-order valence-electron chi connectivity index (χ4n) is 6.74. The molecule has 1 amide bonds. The molecule has 19 nitrogen and oxygen atoms in total. The van der Waals surface area contributed by atoms with Crippen LogP contribution in [0.2, 0.25) is 0 Å². The van der Waals surface area contributed by atoms with Crippen molar-refractivity contribution in [1.29, 1.82) is 0 Å². The summed E-state index contributed by atoms with van der Waals surface area (Å²) >= 11 is 0. The van der Waals surface area contributed by atoms with Crippen molar-refractivity contribution in [2.45, 2.75) is 135 Å². The van der Waals surface area contributed by atoms with Crippen molar-refractivity contribution in [1.82, 2.24) is 30.0 Å². The molecule has 0 aliphatic rings. The zero-order chi connectivity index (χ0) is 45.7. The lowest BCUT2D eigenvalue weighted by atomic mass is 10.00. The molecule has 4 aromatic rings. The van der Waals surface area contributed by atoms with Crippen LogP contribution in [-0.4, -0.2) is 90.0 Å². The van der Waals surface area contributed by atoms with E-state index in [1.807, 2.05) is 6.07 Å². The van der Waals surface area contributed by atoms with E-state index in [9.17, 15) is 43.2 Å². The number of halogens is 1. The summed E-state index contributed by atoms with van der Waals surface area (Å²) in [6, 6.07) is 5.46. The van der Waals surface area contributed by atoms with E-state index in [0.717, 1.165) is 5.56 Å². The second-order valence-corrected chi connectivity index (χ2v) is 15.5. The lowest BCUT2D eigenvalue weighted by Crippen LogP contribution is -2.24. The molecule has 4 rings (SSSR count). The summed E-state index contributed by atoms with van der Waals surface area (Å²) in [5, 5.41) is 8.24. The van der Waals surface area contributed by atoms with Gasteiger partial charge >= 0.3 is 0 Å². The Morgan fingerprint density at radius 3 is 1.58 bits per heavy atom. The molecule has 0 unspecified atom stereocenters. The molecule has 0 saturated carbocycles. The Morgan fingerprint density at radius 1 is 0.594 bits per heavy atom. The number of rotatable bonds is 33. The van der Waals surface area contributed by atoms with Gasteiger partial charge in [0, 0.05) is 128 Å². The van der Waals surface area contributed by atoms with Crippen LogP contribution in [0.25, 0.3) is 33.4 Å². The first-order chi connectivity index (χ1) is 30.2. The van der Waals surface area contributed by atoms with E-state index in [2.05, 4.69) is 20.3 Å². The summed E-state index contributed by atoms with van der Waals surface area (Å²) in [6.45, 7) is 1.17. The summed E-state index contributed by atoms with van der Waals surface area (Å²) in [6.07, 6.45) is 3.40. The van der Waals surface area contributed by atoms with Gasteiger partial charge in [0.15, 0.2) is 11.2 Å². The molecule has 3 aromatic heterocycles. The van der Waals surface area contributed by atoms with Crippen molar-refractivity contribution in [3.8, 4) is 11.3 Å². The summed E-state index contributed by atoms with van der Waals surface area (Å²) < 4.78 is 7.13. The molecule has 7 N–H and O–H groups in total. The highest BCUT2D eigenvalue weighted by Crippen LogP contribution is 2.32. The number of Topliss-reactive ketones (excluding diaryl/α,β-unsaturated/α-hetero) is 8. The van der Waals surface area contributed by atoms with Crippen molar-refractivity contribution in [3.05, 3.63) is 24.5 Å². The van der Waals surface area contributed by atoms with Crippen LogP contribution in [0.5, 0.6) is 0 Å². The Morgan fingerprint density at radius 2 is 1.08 bits per heavy atom. The third-order valence-corrected chi connectivity index (χ3v) is 10.4. The van der Waals surface area contributed by atoms with Crippen molar-refractivity contribution in [2.24, 2.45) is 5.73 Å². The molecule has 0 radical (unpaired) electrons. The molecule has 0 spiro atoms. The Balaban J connectivity index is 0.0000109. The standard InChI is InChI=1S/C44H57N9O10.ClH/c45-23-22-36(61)20-19-35(60)18-17-34(59)16-15-33(58)14-13-32(57)12-11-31(56)10-9-30(55)8-7-29(54)4-3-5-39(62)48-24-1-2-25-53-43-40(42(46)49-27-50-43)41(52-53)28-6-21-38-37(26-28)51-44(47)63-38;/h6,21,26-27H,1-5,7-20,22-25,45H2,(H2,47,51)(H,48,62)(H2,46,49,50);1H. The maximum absolute atomic E-state index is 12.4. The van der Waals surface area contributed by atoms with E-state index < -0.39 is 0 Å². The lowest BCUT2D eigenvalue weighted by Gasteiger charge is -2.06. The number of nitrogen functional groups attached to an aromatic ring is 2. The van der Waals surface area contributed by atoms with E-state index in [1.54, 1.807) is 16.8 Å². The van der Waals surface area contributed by atoms with E-state index in [0.29, 0.717) is 66.0 Å². The molecule has 346 valence electrons. The van der Waals surface area contributed by atoms with Crippen molar-refractivity contribution in [3.63, 3.8) is 0 Å². The molecular weight excluding hydrogens is 850 g/mol. The molecule has 3 heterocycles. The summed E-state index contributed by atoms with van der Waals surface area (Å²) in [5.74, 6) is -1.62. The van der Waals surface area contributed by atoms with Gasteiger partial charge in [-0.15, -0.1) is 12.4 Å². The number of hydrogen-bond acceptors (Lipinski definition) is 17. The molecule has 0 aliphatic heterocycles. The monoisotopic (exact) mass is 907 g/mol. The number of ketones is 8. The normalized spacial score (nSPS) is 11.0. The number of anilines is 2. The first-order valence-corrected chi connectivity index (χ1v) is 21.5. The van der Waals surface area contributed by atoms with Crippen LogP contribution in [-0.2, 0) is 49.7 Å². The Kier molecular flexibility index (Phi) is 22.2. The van der Waals surface area contributed by atoms with Gasteiger partial charge in [0.05, 0.1) is 5.39 Å². The Bertz CT molecular complexity index is 2300.